The first kappa shape index (κ1) is 10.5. The number of hydrogen-bond donors (Lipinski definition) is 2. The lowest BCUT2D eigenvalue weighted by Gasteiger charge is -2.11. The zero-order valence-electron chi connectivity index (χ0n) is 7.04. The van der Waals surface area contributed by atoms with Crippen LogP contribution in [0.4, 0.5) is 0 Å². The standard InChI is InChI=1S/C7H8N2O4S/c1-2-7(10)9(11)14(12,13)6-4-3-5-8-6/h2-5,8,11H,1H2. The molecule has 76 valence electrons. The fourth-order valence-electron chi connectivity index (χ4n) is 0.764. The van der Waals surface area contributed by atoms with Crippen LogP contribution < -0.4 is 0 Å². The van der Waals surface area contributed by atoms with Crippen molar-refractivity contribution in [1.29, 1.82) is 0 Å². The quantitative estimate of drug-likeness (QED) is 0.426. The fraction of sp³-hybridized carbons (Fsp3) is 0. The second kappa shape index (κ2) is 3.64. The maximum atomic E-state index is 11.4. The molecule has 1 amide bonds. The Morgan fingerprint density at radius 1 is 1.64 bits per heavy atom. The van der Waals surface area contributed by atoms with E-state index in [0.29, 0.717) is 6.08 Å². The van der Waals surface area contributed by atoms with Gasteiger partial charge in [-0.3, -0.25) is 10.0 Å². The summed E-state index contributed by atoms with van der Waals surface area (Å²) in [6, 6.07) is 2.65. The highest BCUT2D eigenvalue weighted by atomic mass is 32.2. The first-order valence-electron chi connectivity index (χ1n) is 3.54. The van der Waals surface area contributed by atoms with E-state index < -0.39 is 15.9 Å². The normalized spacial score (nSPS) is 10.9. The Morgan fingerprint density at radius 3 is 2.71 bits per heavy atom. The van der Waals surface area contributed by atoms with Crippen LogP contribution in [-0.2, 0) is 14.8 Å². The molecule has 0 aromatic carbocycles. The minimum atomic E-state index is -4.19. The highest BCUT2D eigenvalue weighted by Crippen LogP contribution is 2.10. The molecule has 0 aliphatic heterocycles. The predicted octanol–water partition coefficient (Wildman–Crippen LogP) is 0.107. The molecule has 7 heteroatoms. The monoisotopic (exact) mass is 216 g/mol. The van der Waals surface area contributed by atoms with E-state index in [9.17, 15) is 13.2 Å². The molecule has 0 bridgehead atoms. The minimum absolute atomic E-state index is 0.268. The molecule has 1 aromatic rings. The van der Waals surface area contributed by atoms with Crippen molar-refractivity contribution in [2.75, 3.05) is 0 Å². The van der Waals surface area contributed by atoms with Crippen LogP contribution in [0.5, 0.6) is 0 Å². The van der Waals surface area contributed by atoms with E-state index in [1.807, 2.05) is 0 Å². The van der Waals surface area contributed by atoms with Gasteiger partial charge in [0.25, 0.3) is 5.91 Å². The van der Waals surface area contributed by atoms with Crippen molar-refractivity contribution in [2.24, 2.45) is 0 Å². The van der Waals surface area contributed by atoms with Crippen LogP contribution in [-0.4, -0.2) is 29.0 Å². The van der Waals surface area contributed by atoms with Crippen LogP contribution in [0.1, 0.15) is 0 Å². The Labute approximate surface area is 80.5 Å². The SMILES string of the molecule is C=CC(=O)N(O)S(=O)(=O)c1ccc[nH]1. The third-order valence-corrected chi connectivity index (χ3v) is 2.88. The number of aromatic nitrogens is 1. The number of hydrogen-bond acceptors (Lipinski definition) is 4. The molecule has 1 rings (SSSR count). The van der Waals surface area contributed by atoms with Crippen molar-refractivity contribution in [3.05, 3.63) is 31.0 Å². The van der Waals surface area contributed by atoms with Crippen LogP contribution >= 0.6 is 0 Å². The lowest BCUT2D eigenvalue weighted by molar-refractivity contribution is -0.140. The molecule has 0 saturated heterocycles. The Hall–Kier alpha value is -1.60. The van der Waals surface area contributed by atoms with Gasteiger partial charge in [-0.05, 0) is 18.2 Å². The first-order chi connectivity index (χ1) is 6.50. The van der Waals surface area contributed by atoms with Gasteiger partial charge < -0.3 is 4.98 Å². The molecule has 0 radical (unpaired) electrons. The van der Waals surface area contributed by atoms with E-state index in [1.54, 1.807) is 0 Å². The summed E-state index contributed by atoms with van der Waals surface area (Å²) in [6.45, 7) is 3.05. The van der Waals surface area contributed by atoms with Crippen molar-refractivity contribution < 1.29 is 18.4 Å². The maximum Gasteiger partial charge on any atom is 0.304 e. The highest BCUT2D eigenvalue weighted by molar-refractivity contribution is 7.89. The van der Waals surface area contributed by atoms with E-state index in [0.717, 1.165) is 0 Å². The van der Waals surface area contributed by atoms with Crippen LogP contribution in [0.15, 0.2) is 36.0 Å². The van der Waals surface area contributed by atoms with Crippen molar-refractivity contribution in [2.45, 2.75) is 5.03 Å². The molecule has 0 aliphatic carbocycles. The fourth-order valence-corrected chi connectivity index (χ4v) is 1.73. The van der Waals surface area contributed by atoms with Gasteiger partial charge in [-0.1, -0.05) is 6.58 Å². The molecule has 0 saturated carbocycles. The molecular weight excluding hydrogens is 208 g/mol. The van der Waals surface area contributed by atoms with E-state index in [4.69, 9.17) is 5.21 Å². The lowest BCUT2D eigenvalue weighted by atomic mass is 10.6. The van der Waals surface area contributed by atoms with Gasteiger partial charge in [-0.25, -0.2) is 0 Å². The van der Waals surface area contributed by atoms with Gasteiger partial charge in [0.05, 0.1) is 0 Å². The Kier molecular flexibility index (Phi) is 2.73. The Balaban J connectivity index is 3.09. The zero-order valence-corrected chi connectivity index (χ0v) is 7.86. The average Bonchev–Trinajstić information content (AvgIpc) is 2.68. The largest absolute Gasteiger partial charge is 0.351 e. The van der Waals surface area contributed by atoms with Gasteiger partial charge >= 0.3 is 10.0 Å². The molecule has 0 atom stereocenters. The number of aromatic amines is 1. The van der Waals surface area contributed by atoms with E-state index in [-0.39, 0.29) is 9.49 Å². The summed E-state index contributed by atoms with van der Waals surface area (Å²) in [4.78, 5) is 13.2. The molecule has 0 fully saturated rings. The summed E-state index contributed by atoms with van der Waals surface area (Å²) in [6.07, 6.45) is 2.06. The van der Waals surface area contributed by atoms with E-state index in [2.05, 4.69) is 11.6 Å². The van der Waals surface area contributed by atoms with Crippen LogP contribution in [0, 0.1) is 0 Å². The van der Waals surface area contributed by atoms with Crippen molar-refractivity contribution in [1.82, 2.24) is 9.45 Å². The lowest BCUT2D eigenvalue weighted by Crippen LogP contribution is -2.32. The summed E-state index contributed by atoms with van der Waals surface area (Å²) in [5.74, 6) is -1.11. The second-order valence-electron chi connectivity index (χ2n) is 2.32. The van der Waals surface area contributed by atoms with Gasteiger partial charge in [-0.15, -0.1) is 4.47 Å². The summed E-state index contributed by atoms with van der Waals surface area (Å²) in [5, 5.41) is 8.75. The van der Waals surface area contributed by atoms with Gasteiger partial charge in [0.1, 0.15) is 0 Å². The zero-order chi connectivity index (χ0) is 10.8. The highest BCUT2D eigenvalue weighted by Gasteiger charge is 2.26. The van der Waals surface area contributed by atoms with Gasteiger partial charge in [0, 0.05) is 6.20 Å². The van der Waals surface area contributed by atoms with Crippen molar-refractivity contribution >= 4 is 15.9 Å². The third kappa shape index (κ3) is 1.68. The molecule has 0 aliphatic rings. The van der Waals surface area contributed by atoms with Gasteiger partial charge in [0.2, 0.25) is 0 Å². The Bertz CT molecular complexity index is 434. The number of nitrogens with one attached hydrogen (secondary N) is 1. The van der Waals surface area contributed by atoms with Crippen molar-refractivity contribution in [3.63, 3.8) is 0 Å². The predicted molar refractivity (Wildman–Crippen MR) is 46.8 cm³/mol. The van der Waals surface area contributed by atoms with Crippen LogP contribution in [0.3, 0.4) is 0 Å². The molecule has 0 unspecified atom stereocenters. The molecule has 0 spiro atoms. The average molecular weight is 216 g/mol. The summed E-state index contributed by atoms with van der Waals surface area (Å²) < 4.78 is 22.4. The molecular formula is C7H8N2O4S. The van der Waals surface area contributed by atoms with Crippen LogP contribution in [0.25, 0.3) is 0 Å². The number of amides is 1. The molecule has 14 heavy (non-hydrogen) atoms. The summed E-state index contributed by atoms with van der Waals surface area (Å²) in [7, 11) is -4.19. The Morgan fingerprint density at radius 2 is 2.29 bits per heavy atom. The summed E-state index contributed by atoms with van der Waals surface area (Å²) >= 11 is 0. The van der Waals surface area contributed by atoms with Crippen molar-refractivity contribution in [3.8, 4) is 0 Å². The second-order valence-corrected chi connectivity index (χ2v) is 4.06. The molecule has 6 nitrogen and oxygen atoms in total. The maximum absolute atomic E-state index is 11.4. The van der Waals surface area contributed by atoms with Crippen LogP contribution in [0.2, 0.25) is 0 Å². The summed E-state index contributed by atoms with van der Waals surface area (Å²) in [5.41, 5.74) is 0. The number of sulfonamides is 1. The molecule has 1 aromatic heterocycles. The molecule has 1 heterocycles. The number of nitrogens with zero attached hydrogens (tertiary/aromatic N) is 1. The topological polar surface area (TPSA) is 90.5 Å². The number of H-pyrrole nitrogens is 1. The number of carbonyl (C=O) groups excluding carboxylic acids is 1. The minimum Gasteiger partial charge on any atom is -0.351 e. The van der Waals surface area contributed by atoms with Gasteiger partial charge in [0.15, 0.2) is 5.03 Å². The first-order valence-corrected chi connectivity index (χ1v) is 4.98. The third-order valence-electron chi connectivity index (χ3n) is 1.44. The molecule has 2 N–H and O–H groups in total. The van der Waals surface area contributed by atoms with Gasteiger partial charge in [-0.2, -0.15) is 8.42 Å². The number of rotatable bonds is 3. The number of carbonyl (C=O) groups is 1. The van der Waals surface area contributed by atoms with E-state index >= 15 is 0 Å². The number of hydroxylamine groups is 1. The smallest absolute Gasteiger partial charge is 0.304 e. The van der Waals surface area contributed by atoms with E-state index in [1.165, 1.54) is 18.3 Å².